The highest BCUT2D eigenvalue weighted by molar-refractivity contribution is 5.78. The van der Waals surface area contributed by atoms with Gasteiger partial charge in [-0.1, -0.05) is 13.3 Å². The summed E-state index contributed by atoms with van der Waals surface area (Å²) in [5.74, 6) is 0.311. The molecule has 1 aliphatic heterocycles. The molecule has 1 saturated heterocycles. The second kappa shape index (κ2) is 5.38. The van der Waals surface area contributed by atoms with Crippen molar-refractivity contribution in [2.45, 2.75) is 76.3 Å². The third-order valence-corrected chi connectivity index (χ3v) is 4.42. The summed E-state index contributed by atoms with van der Waals surface area (Å²) in [6.45, 7) is 3.16. The number of carbonyl (C=O) groups excluding carboxylic acids is 1. The lowest BCUT2D eigenvalue weighted by Crippen LogP contribution is -2.53. The molecule has 1 aliphatic carbocycles. The average molecular weight is 238 g/mol. The summed E-state index contributed by atoms with van der Waals surface area (Å²) in [5.41, 5.74) is 6.02. The van der Waals surface area contributed by atoms with Crippen LogP contribution in [-0.4, -0.2) is 28.9 Å². The summed E-state index contributed by atoms with van der Waals surface area (Å²) < 4.78 is 0. The first kappa shape index (κ1) is 12.9. The van der Waals surface area contributed by atoms with E-state index in [-0.39, 0.29) is 5.54 Å². The topological polar surface area (TPSA) is 46.3 Å². The zero-order chi connectivity index (χ0) is 12.3. The van der Waals surface area contributed by atoms with E-state index in [2.05, 4.69) is 11.8 Å². The second-order valence-corrected chi connectivity index (χ2v) is 5.92. The average Bonchev–Trinajstić information content (AvgIpc) is 2.28. The fourth-order valence-electron chi connectivity index (χ4n) is 3.17. The predicted octanol–water partition coefficient (Wildman–Crippen LogP) is 2.44. The Morgan fingerprint density at radius 2 is 2.12 bits per heavy atom. The first-order valence-corrected chi connectivity index (χ1v) is 7.23. The van der Waals surface area contributed by atoms with Crippen molar-refractivity contribution < 1.29 is 4.79 Å². The third-order valence-electron chi connectivity index (χ3n) is 4.42. The van der Waals surface area contributed by atoms with E-state index in [9.17, 15) is 4.79 Å². The van der Waals surface area contributed by atoms with Gasteiger partial charge < -0.3 is 10.6 Å². The minimum absolute atomic E-state index is 0.161. The van der Waals surface area contributed by atoms with Gasteiger partial charge in [0.15, 0.2) is 0 Å². The summed E-state index contributed by atoms with van der Waals surface area (Å²) in [6.07, 6.45) is 9.81. The molecular weight excluding hydrogens is 212 g/mol. The van der Waals surface area contributed by atoms with Crippen molar-refractivity contribution >= 4 is 5.91 Å². The van der Waals surface area contributed by atoms with Crippen LogP contribution in [-0.2, 0) is 4.79 Å². The van der Waals surface area contributed by atoms with E-state index in [4.69, 9.17) is 5.73 Å². The second-order valence-electron chi connectivity index (χ2n) is 5.92. The summed E-state index contributed by atoms with van der Waals surface area (Å²) in [7, 11) is 0. The summed E-state index contributed by atoms with van der Waals surface area (Å²) in [5, 5.41) is 0. The molecule has 0 radical (unpaired) electrons. The molecule has 2 rings (SSSR count). The van der Waals surface area contributed by atoms with Gasteiger partial charge in [0.05, 0.1) is 0 Å². The lowest BCUT2D eigenvalue weighted by atomic mass is 9.75. The molecule has 0 aromatic carbocycles. The number of carbonyl (C=O) groups is 1. The maximum atomic E-state index is 12.3. The molecule has 0 spiro atoms. The molecule has 0 bridgehead atoms. The number of rotatable bonds is 4. The van der Waals surface area contributed by atoms with Crippen LogP contribution >= 0.6 is 0 Å². The zero-order valence-corrected chi connectivity index (χ0v) is 11.1. The van der Waals surface area contributed by atoms with Gasteiger partial charge in [-0.25, -0.2) is 0 Å². The van der Waals surface area contributed by atoms with Crippen molar-refractivity contribution in [1.82, 2.24) is 4.90 Å². The lowest BCUT2D eigenvalue weighted by molar-refractivity contribution is -0.137. The van der Waals surface area contributed by atoms with Crippen molar-refractivity contribution in [2.75, 3.05) is 6.54 Å². The number of likely N-dealkylation sites (tertiary alicyclic amines) is 1. The van der Waals surface area contributed by atoms with Gasteiger partial charge in [-0.3, -0.25) is 4.79 Å². The van der Waals surface area contributed by atoms with Crippen molar-refractivity contribution in [3.8, 4) is 0 Å². The maximum absolute atomic E-state index is 12.3. The molecule has 98 valence electrons. The van der Waals surface area contributed by atoms with Crippen LogP contribution in [0.3, 0.4) is 0 Å². The Morgan fingerprint density at radius 1 is 1.35 bits per heavy atom. The van der Waals surface area contributed by atoms with Gasteiger partial charge in [0.1, 0.15) is 0 Å². The lowest BCUT2D eigenvalue weighted by Gasteiger charge is -2.42. The molecule has 2 aliphatic rings. The van der Waals surface area contributed by atoms with E-state index in [1.807, 2.05) is 0 Å². The van der Waals surface area contributed by atoms with Gasteiger partial charge in [0, 0.05) is 24.5 Å². The SMILES string of the molecule is CCCC1CCCCN1C(=O)CC1(N)CCC1. The molecule has 1 heterocycles. The van der Waals surface area contributed by atoms with E-state index >= 15 is 0 Å². The number of hydrogen-bond donors (Lipinski definition) is 1. The molecule has 3 heteroatoms. The van der Waals surface area contributed by atoms with Gasteiger partial charge >= 0.3 is 0 Å². The number of hydrogen-bond acceptors (Lipinski definition) is 2. The van der Waals surface area contributed by atoms with Gasteiger partial charge in [-0.2, -0.15) is 0 Å². The standard InChI is InChI=1S/C14H26N2O/c1-2-6-12-7-3-4-10-16(12)13(17)11-14(15)8-5-9-14/h12H,2-11,15H2,1H3. The summed E-state index contributed by atoms with van der Waals surface area (Å²) >= 11 is 0. The van der Waals surface area contributed by atoms with Gasteiger partial charge in [-0.15, -0.1) is 0 Å². The summed E-state index contributed by atoms with van der Waals surface area (Å²) in [4.78, 5) is 14.5. The Morgan fingerprint density at radius 3 is 2.71 bits per heavy atom. The Kier molecular flexibility index (Phi) is 4.08. The maximum Gasteiger partial charge on any atom is 0.224 e. The molecule has 0 aromatic rings. The smallest absolute Gasteiger partial charge is 0.224 e. The van der Waals surface area contributed by atoms with Crippen molar-refractivity contribution in [3.63, 3.8) is 0 Å². The Labute approximate surface area is 105 Å². The van der Waals surface area contributed by atoms with Crippen LogP contribution < -0.4 is 5.73 Å². The van der Waals surface area contributed by atoms with Crippen LogP contribution in [0, 0.1) is 0 Å². The van der Waals surface area contributed by atoms with Crippen molar-refractivity contribution in [3.05, 3.63) is 0 Å². The number of amides is 1. The number of nitrogens with zero attached hydrogens (tertiary/aromatic N) is 1. The molecule has 0 aromatic heterocycles. The molecule has 1 amide bonds. The predicted molar refractivity (Wildman–Crippen MR) is 69.6 cm³/mol. The van der Waals surface area contributed by atoms with Crippen LogP contribution in [0.1, 0.15) is 64.7 Å². The van der Waals surface area contributed by atoms with E-state index in [1.165, 1.54) is 32.1 Å². The minimum atomic E-state index is -0.161. The largest absolute Gasteiger partial charge is 0.340 e. The van der Waals surface area contributed by atoms with E-state index < -0.39 is 0 Å². The zero-order valence-electron chi connectivity index (χ0n) is 11.1. The van der Waals surface area contributed by atoms with Crippen LogP contribution in [0.15, 0.2) is 0 Å². The van der Waals surface area contributed by atoms with Crippen LogP contribution in [0.4, 0.5) is 0 Å². The highest BCUT2D eigenvalue weighted by Crippen LogP contribution is 2.33. The monoisotopic (exact) mass is 238 g/mol. The first-order chi connectivity index (χ1) is 8.14. The Hall–Kier alpha value is -0.570. The van der Waals surface area contributed by atoms with Crippen molar-refractivity contribution in [2.24, 2.45) is 5.73 Å². The molecule has 17 heavy (non-hydrogen) atoms. The Balaban J connectivity index is 1.91. The number of nitrogens with two attached hydrogens (primary N) is 1. The molecule has 1 saturated carbocycles. The molecule has 2 N–H and O–H groups in total. The molecule has 2 fully saturated rings. The summed E-state index contributed by atoms with van der Waals surface area (Å²) in [6, 6.07) is 0.491. The van der Waals surface area contributed by atoms with E-state index in [0.717, 1.165) is 25.8 Å². The Bertz CT molecular complexity index is 271. The molecule has 3 nitrogen and oxygen atoms in total. The highest BCUT2D eigenvalue weighted by atomic mass is 16.2. The van der Waals surface area contributed by atoms with E-state index in [1.54, 1.807) is 0 Å². The highest BCUT2D eigenvalue weighted by Gasteiger charge is 2.37. The van der Waals surface area contributed by atoms with Crippen LogP contribution in [0.25, 0.3) is 0 Å². The van der Waals surface area contributed by atoms with Crippen LogP contribution in [0.2, 0.25) is 0 Å². The van der Waals surface area contributed by atoms with Gasteiger partial charge in [0.2, 0.25) is 5.91 Å². The fourth-order valence-corrected chi connectivity index (χ4v) is 3.17. The fraction of sp³-hybridized carbons (Fsp3) is 0.929. The first-order valence-electron chi connectivity index (χ1n) is 7.23. The minimum Gasteiger partial charge on any atom is -0.340 e. The van der Waals surface area contributed by atoms with Gasteiger partial charge in [-0.05, 0) is 44.9 Å². The normalized spacial score (nSPS) is 27.6. The molecular formula is C14H26N2O. The van der Waals surface area contributed by atoms with Crippen LogP contribution in [0.5, 0.6) is 0 Å². The number of piperidine rings is 1. The van der Waals surface area contributed by atoms with Crippen molar-refractivity contribution in [1.29, 1.82) is 0 Å². The molecule has 1 unspecified atom stereocenters. The third kappa shape index (κ3) is 3.01. The quantitative estimate of drug-likeness (QED) is 0.817. The van der Waals surface area contributed by atoms with Gasteiger partial charge in [0.25, 0.3) is 0 Å². The van der Waals surface area contributed by atoms with E-state index in [0.29, 0.717) is 18.4 Å². The molecule has 1 atom stereocenters.